The molecule has 2 aromatic carbocycles. The van der Waals surface area contributed by atoms with Crippen LogP contribution < -0.4 is 10.2 Å². The Kier molecular flexibility index (Phi) is 5.42. The second kappa shape index (κ2) is 7.85. The van der Waals surface area contributed by atoms with E-state index in [1.54, 1.807) is 16.7 Å². The quantitative estimate of drug-likeness (QED) is 0.540. The van der Waals surface area contributed by atoms with Gasteiger partial charge in [-0.3, -0.25) is 14.5 Å². The molecule has 0 radical (unpaired) electrons. The highest BCUT2D eigenvalue weighted by molar-refractivity contribution is 8.27. The predicted molar refractivity (Wildman–Crippen MR) is 125 cm³/mol. The van der Waals surface area contributed by atoms with Gasteiger partial charge in [0.2, 0.25) is 5.91 Å². The molecule has 2 aliphatic heterocycles. The highest BCUT2D eigenvalue weighted by atomic mass is 32.2. The number of hydrogen-bond donors (Lipinski definition) is 1. The molecule has 5 nitrogen and oxygen atoms in total. The number of likely N-dealkylation sites (N-methyl/N-ethyl adjacent to an activating group) is 1. The monoisotopic (exact) mass is 441 g/mol. The molecule has 1 N–H and O–H groups in total. The smallest absolute Gasteiger partial charge is 0.268 e. The van der Waals surface area contributed by atoms with E-state index >= 15 is 0 Å². The molecule has 2 amide bonds. The van der Waals surface area contributed by atoms with Gasteiger partial charge < -0.3 is 10.2 Å². The van der Waals surface area contributed by atoms with Crippen molar-refractivity contribution in [3.63, 3.8) is 0 Å². The van der Waals surface area contributed by atoms with E-state index in [0.29, 0.717) is 15.8 Å². The van der Waals surface area contributed by atoms with E-state index in [2.05, 4.69) is 28.4 Å². The number of nitrogens with one attached hydrogen (secondary N) is 1. The largest absolute Gasteiger partial charge is 0.337 e. The van der Waals surface area contributed by atoms with Gasteiger partial charge in [0.15, 0.2) is 0 Å². The van der Waals surface area contributed by atoms with Gasteiger partial charge in [-0.2, -0.15) is 0 Å². The second-order valence-electron chi connectivity index (χ2n) is 6.65. The van der Waals surface area contributed by atoms with Crippen molar-refractivity contribution >= 4 is 63.3 Å². The van der Waals surface area contributed by atoms with Crippen molar-refractivity contribution in [2.24, 2.45) is 0 Å². The maximum absolute atomic E-state index is 12.7. The third-order valence-electron chi connectivity index (χ3n) is 4.73. The molecule has 0 atom stereocenters. The van der Waals surface area contributed by atoms with Crippen molar-refractivity contribution in [3.8, 4) is 11.1 Å². The van der Waals surface area contributed by atoms with Crippen LogP contribution in [0.5, 0.6) is 0 Å². The summed E-state index contributed by atoms with van der Waals surface area (Å²) in [7, 11) is 1.98. The molecule has 2 aliphatic rings. The Hall–Kier alpha value is -2.29. The average Bonchev–Trinajstić information content (AvgIpc) is 3.17. The molecule has 1 fully saturated rings. The molecule has 0 spiro atoms. The van der Waals surface area contributed by atoms with Crippen molar-refractivity contribution in [1.29, 1.82) is 0 Å². The van der Waals surface area contributed by atoms with E-state index in [0.717, 1.165) is 32.4 Å². The summed E-state index contributed by atoms with van der Waals surface area (Å²) in [6, 6.07) is 14.1. The molecule has 2 heterocycles. The van der Waals surface area contributed by atoms with Crippen LogP contribution in [0.1, 0.15) is 13.8 Å². The highest BCUT2D eigenvalue weighted by Gasteiger charge is 2.37. The Balaban J connectivity index is 1.64. The minimum atomic E-state index is -0.0880. The molecule has 0 unspecified atom stereocenters. The van der Waals surface area contributed by atoms with E-state index in [9.17, 15) is 9.59 Å². The van der Waals surface area contributed by atoms with Gasteiger partial charge in [-0.1, -0.05) is 53.9 Å². The lowest BCUT2D eigenvalue weighted by Gasteiger charge is -2.16. The number of thioether (sulfide) groups is 2. The number of rotatable bonds is 3. The molecule has 29 heavy (non-hydrogen) atoms. The van der Waals surface area contributed by atoms with Crippen LogP contribution in [0.15, 0.2) is 57.3 Å². The Morgan fingerprint density at radius 3 is 2.41 bits per heavy atom. The van der Waals surface area contributed by atoms with Gasteiger partial charge >= 0.3 is 0 Å². The summed E-state index contributed by atoms with van der Waals surface area (Å²) < 4.78 is 0.616. The minimum Gasteiger partial charge on any atom is -0.337 e. The van der Waals surface area contributed by atoms with Gasteiger partial charge in [-0.15, -0.1) is 0 Å². The third-order valence-corrected chi connectivity index (χ3v) is 7.53. The molecule has 0 saturated carbocycles. The molecule has 2 aromatic rings. The molecule has 4 rings (SSSR count). The summed E-state index contributed by atoms with van der Waals surface area (Å²) >= 11 is 8.33. The number of anilines is 2. The van der Waals surface area contributed by atoms with Crippen molar-refractivity contribution < 1.29 is 9.59 Å². The highest BCUT2D eigenvalue weighted by Crippen LogP contribution is 2.50. The van der Waals surface area contributed by atoms with Crippen LogP contribution in [0.3, 0.4) is 0 Å². The number of thiocarbonyl (C=S) groups is 1. The summed E-state index contributed by atoms with van der Waals surface area (Å²) in [5, 5.41) is 3.70. The average molecular weight is 442 g/mol. The maximum Gasteiger partial charge on any atom is 0.268 e. The number of carbonyl (C=O) groups is 2. The number of hydrogen-bond acceptors (Lipinski definition) is 6. The number of nitrogens with zero attached hydrogens (tertiary/aromatic N) is 2. The molecule has 0 aromatic heterocycles. The Morgan fingerprint density at radius 2 is 1.79 bits per heavy atom. The van der Waals surface area contributed by atoms with Crippen LogP contribution in [0.25, 0.3) is 11.1 Å². The van der Waals surface area contributed by atoms with E-state index in [1.807, 2.05) is 38.2 Å². The van der Waals surface area contributed by atoms with Crippen LogP contribution in [0, 0.1) is 0 Å². The zero-order chi connectivity index (χ0) is 20.7. The summed E-state index contributed by atoms with van der Waals surface area (Å²) in [6.45, 7) is 4.01. The fourth-order valence-corrected chi connectivity index (χ4v) is 5.97. The molecule has 0 bridgehead atoms. The fourth-order valence-electron chi connectivity index (χ4n) is 3.27. The number of amides is 2. The Labute approximate surface area is 183 Å². The number of benzene rings is 2. The predicted octanol–water partition coefficient (Wildman–Crippen LogP) is 4.90. The van der Waals surface area contributed by atoms with Crippen molar-refractivity contribution in [2.45, 2.75) is 18.7 Å². The van der Waals surface area contributed by atoms with Crippen LogP contribution in [-0.2, 0) is 9.59 Å². The first kappa shape index (κ1) is 20.0. The van der Waals surface area contributed by atoms with Crippen molar-refractivity contribution in [1.82, 2.24) is 4.90 Å². The van der Waals surface area contributed by atoms with Crippen LogP contribution >= 0.6 is 35.7 Å². The minimum absolute atomic E-state index is 0.0153. The molecule has 8 heteroatoms. The molecule has 0 aliphatic carbocycles. The SMILES string of the molecule is CCN1C(=O)C(=C2Sc3ccc(-c4ccc(NC(C)=O)cc4)cc3N2C)SC1=S. The van der Waals surface area contributed by atoms with Crippen LogP contribution in [0.4, 0.5) is 11.4 Å². The molecule has 1 saturated heterocycles. The standard InChI is InChI=1S/C21H19N3O2S3/c1-4-24-19(26)18(29-21(24)27)20-23(3)16-11-14(7-10-17(16)28-20)13-5-8-15(9-6-13)22-12(2)25/h5-11H,4H2,1-3H3,(H,22,25). The summed E-state index contributed by atoms with van der Waals surface area (Å²) in [5.41, 5.74) is 3.98. The van der Waals surface area contributed by atoms with Crippen LogP contribution in [0.2, 0.25) is 0 Å². The first-order valence-corrected chi connectivity index (χ1v) is 11.1. The van der Waals surface area contributed by atoms with Gasteiger partial charge in [0.05, 0.1) is 10.7 Å². The van der Waals surface area contributed by atoms with E-state index < -0.39 is 0 Å². The lowest BCUT2D eigenvalue weighted by Crippen LogP contribution is -2.28. The van der Waals surface area contributed by atoms with Gasteiger partial charge in [0, 0.05) is 31.1 Å². The summed E-state index contributed by atoms with van der Waals surface area (Å²) in [6.07, 6.45) is 0. The van der Waals surface area contributed by atoms with Gasteiger partial charge in [-0.05, 0) is 42.3 Å². The number of carbonyl (C=O) groups excluding carboxylic acids is 2. The van der Waals surface area contributed by atoms with E-state index in [1.165, 1.54) is 18.7 Å². The van der Waals surface area contributed by atoms with Crippen molar-refractivity contribution in [2.75, 3.05) is 23.8 Å². The third kappa shape index (κ3) is 3.68. The van der Waals surface area contributed by atoms with Crippen molar-refractivity contribution in [3.05, 3.63) is 52.4 Å². The lowest BCUT2D eigenvalue weighted by atomic mass is 10.0. The maximum atomic E-state index is 12.7. The zero-order valence-corrected chi connectivity index (χ0v) is 18.6. The zero-order valence-electron chi connectivity index (χ0n) is 16.2. The van der Waals surface area contributed by atoms with Gasteiger partial charge in [0.25, 0.3) is 5.91 Å². The number of fused-ring (bicyclic) bond motifs is 1. The Morgan fingerprint density at radius 1 is 1.10 bits per heavy atom. The first-order chi connectivity index (χ1) is 13.9. The molecular formula is C21H19N3O2S3. The van der Waals surface area contributed by atoms with Gasteiger partial charge in [-0.25, -0.2) is 0 Å². The summed E-state index contributed by atoms with van der Waals surface area (Å²) in [4.78, 5) is 29.4. The first-order valence-electron chi connectivity index (χ1n) is 9.10. The van der Waals surface area contributed by atoms with Crippen LogP contribution in [-0.4, -0.2) is 34.6 Å². The second-order valence-corrected chi connectivity index (χ2v) is 9.33. The van der Waals surface area contributed by atoms with Gasteiger partial charge in [0.1, 0.15) is 9.23 Å². The normalized spacial score (nSPS) is 18.4. The lowest BCUT2D eigenvalue weighted by molar-refractivity contribution is -0.122. The van der Waals surface area contributed by atoms with E-state index in [4.69, 9.17) is 12.2 Å². The topological polar surface area (TPSA) is 52.7 Å². The molecule has 148 valence electrons. The summed E-state index contributed by atoms with van der Waals surface area (Å²) in [5.74, 6) is -0.103. The van der Waals surface area contributed by atoms with E-state index in [-0.39, 0.29) is 11.8 Å². The Bertz CT molecular complexity index is 1060. The fraction of sp³-hybridized carbons (Fsp3) is 0.190. The molecular weight excluding hydrogens is 422 g/mol.